The van der Waals surface area contributed by atoms with Gasteiger partial charge in [-0.2, -0.15) is 10.2 Å². The topological polar surface area (TPSA) is 73.0 Å². The Balaban J connectivity index is 1.55. The van der Waals surface area contributed by atoms with Crippen LogP contribution >= 0.6 is 0 Å². The molecule has 2 aromatic heterocycles. The van der Waals surface area contributed by atoms with Crippen molar-refractivity contribution in [3.05, 3.63) is 113 Å². The fourth-order valence-electron chi connectivity index (χ4n) is 4.30. The number of carbonyl (C=O) groups excluding carboxylic acids is 1. The number of para-hydroxylation sites is 1. The van der Waals surface area contributed by atoms with E-state index < -0.39 is 0 Å². The Hall–Kier alpha value is -4.52. The van der Waals surface area contributed by atoms with Gasteiger partial charge in [0.2, 0.25) is 0 Å². The van der Waals surface area contributed by atoms with Gasteiger partial charge in [-0.3, -0.25) is 9.59 Å². The molecule has 0 saturated carbocycles. The summed E-state index contributed by atoms with van der Waals surface area (Å²) in [7, 11) is 1.75. The van der Waals surface area contributed by atoms with Gasteiger partial charge in [-0.25, -0.2) is 9.36 Å². The fraction of sp³-hybridized carbons (Fsp3) is 0.172. The highest BCUT2D eigenvalue weighted by molar-refractivity contribution is 6.04. The van der Waals surface area contributed by atoms with Crippen molar-refractivity contribution in [2.75, 3.05) is 7.05 Å². The van der Waals surface area contributed by atoms with E-state index in [9.17, 15) is 9.59 Å². The van der Waals surface area contributed by atoms with Crippen LogP contribution in [0.1, 0.15) is 35.9 Å². The fourth-order valence-corrected chi connectivity index (χ4v) is 4.30. The van der Waals surface area contributed by atoms with Gasteiger partial charge in [0.25, 0.3) is 11.5 Å². The van der Waals surface area contributed by atoms with Gasteiger partial charge < -0.3 is 4.90 Å². The van der Waals surface area contributed by atoms with Crippen molar-refractivity contribution in [2.45, 2.75) is 26.4 Å². The van der Waals surface area contributed by atoms with E-state index in [2.05, 4.69) is 5.10 Å². The molecule has 7 nitrogen and oxygen atoms in total. The summed E-state index contributed by atoms with van der Waals surface area (Å²) in [6.45, 7) is 4.09. The van der Waals surface area contributed by atoms with E-state index >= 15 is 0 Å². The molecule has 0 atom stereocenters. The van der Waals surface area contributed by atoms with Crippen molar-refractivity contribution in [2.24, 2.45) is 0 Å². The van der Waals surface area contributed by atoms with Crippen LogP contribution in [0, 0.1) is 0 Å². The third-order valence-electron chi connectivity index (χ3n) is 6.13. The average molecular weight is 478 g/mol. The summed E-state index contributed by atoms with van der Waals surface area (Å²) >= 11 is 0. The Labute approximate surface area is 209 Å². The van der Waals surface area contributed by atoms with E-state index in [1.807, 2.05) is 91.5 Å². The van der Waals surface area contributed by atoms with Gasteiger partial charge in [0.05, 0.1) is 22.8 Å². The first-order valence-corrected chi connectivity index (χ1v) is 11.9. The van der Waals surface area contributed by atoms with Crippen LogP contribution in [0.5, 0.6) is 0 Å². The SMILES string of the molecule is CC(C)n1nc(C(=O)N(C)Cc2cn(-c3ccccc3)nc2-c2ccccc2)c2ccccc2c1=O. The van der Waals surface area contributed by atoms with Gasteiger partial charge in [0, 0.05) is 36.3 Å². The maximum atomic E-state index is 13.7. The summed E-state index contributed by atoms with van der Waals surface area (Å²) in [6, 6.07) is 26.8. The molecule has 0 spiro atoms. The number of nitrogens with zero attached hydrogens (tertiary/aromatic N) is 5. The molecule has 0 bridgehead atoms. The minimum absolute atomic E-state index is 0.173. The van der Waals surface area contributed by atoms with Crippen LogP contribution in [0.25, 0.3) is 27.7 Å². The number of amides is 1. The zero-order valence-electron chi connectivity index (χ0n) is 20.5. The van der Waals surface area contributed by atoms with Crippen molar-refractivity contribution in [3.63, 3.8) is 0 Å². The molecule has 0 aliphatic rings. The van der Waals surface area contributed by atoms with Crippen LogP contribution in [0.15, 0.2) is 95.9 Å². The highest BCUT2D eigenvalue weighted by Gasteiger charge is 2.23. The molecule has 0 radical (unpaired) electrons. The van der Waals surface area contributed by atoms with E-state index in [0.717, 1.165) is 22.5 Å². The molecule has 1 amide bonds. The molecule has 0 saturated heterocycles. The molecule has 0 unspecified atom stereocenters. The van der Waals surface area contributed by atoms with E-state index in [1.54, 1.807) is 30.1 Å². The van der Waals surface area contributed by atoms with Gasteiger partial charge in [-0.15, -0.1) is 0 Å². The summed E-state index contributed by atoms with van der Waals surface area (Å²) in [5, 5.41) is 10.4. The summed E-state index contributed by atoms with van der Waals surface area (Å²) in [5.41, 5.74) is 3.69. The van der Waals surface area contributed by atoms with E-state index in [-0.39, 0.29) is 23.2 Å². The minimum atomic E-state index is -0.257. The number of rotatable bonds is 6. The molecular formula is C29H27N5O2. The standard InChI is InChI=1S/C29H27N5O2/c1-20(2)34-28(35)25-17-11-10-16-24(25)27(31-34)29(36)32(3)18-22-19-33(23-14-8-5-9-15-23)30-26(22)21-12-6-4-7-13-21/h4-17,19-20H,18H2,1-3H3. The Kier molecular flexibility index (Phi) is 6.21. The van der Waals surface area contributed by atoms with Crippen LogP contribution in [-0.2, 0) is 6.54 Å². The molecule has 0 N–H and O–H groups in total. The van der Waals surface area contributed by atoms with Gasteiger partial charge in [-0.1, -0.05) is 66.7 Å². The third kappa shape index (κ3) is 4.31. The molecule has 3 aromatic carbocycles. The molecule has 0 aliphatic heterocycles. The molecule has 36 heavy (non-hydrogen) atoms. The monoisotopic (exact) mass is 477 g/mol. The number of aromatic nitrogens is 4. The smallest absolute Gasteiger partial charge is 0.274 e. The quantitative estimate of drug-likeness (QED) is 0.341. The maximum Gasteiger partial charge on any atom is 0.274 e. The summed E-state index contributed by atoms with van der Waals surface area (Å²) in [4.78, 5) is 28.2. The van der Waals surface area contributed by atoms with E-state index in [4.69, 9.17) is 5.10 Å². The van der Waals surface area contributed by atoms with Crippen molar-refractivity contribution in [3.8, 4) is 16.9 Å². The largest absolute Gasteiger partial charge is 0.336 e. The maximum absolute atomic E-state index is 13.7. The van der Waals surface area contributed by atoms with Crippen LogP contribution in [0.3, 0.4) is 0 Å². The minimum Gasteiger partial charge on any atom is -0.336 e. The van der Waals surface area contributed by atoms with E-state index in [1.165, 1.54) is 4.68 Å². The zero-order valence-corrected chi connectivity index (χ0v) is 20.5. The second kappa shape index (κ2) is 9.62. The first-order chi connectivity index (χ1) is 17.4. The van der Waals surface area contributed by atoms with E-state index in [0.29, 0.717) is 17.3 Å². The number of carbonyl (C=O) groups is 1. The predicted molar refractivity (Wildman–Crippen MR) is 141 cm³/mol. The Morgan fingerprint density at radius 3 is 2.14 bits per heavy atom. The molecular weight excluding hydrogens is 450 g/mol. The van der Waals surface area contributed by atoms with Crippen LogP contribution in [0.2, 0.25) is 0 Å². The molecule has 0 aliphatic carbocycles. The number of fused-ring (bicyclic) bond motifs is 1. The highest BCUT2D eigenvalue weighted by Crippen LogP contribution is 2.25. The van der Waals surface area contributed by atoms with Crippen molar-refractivity contribution < 1.29 is 4.79 Å². The second-order valence-corrected chi connectivity index (χ2v) is 9.05. The molecule has 0 fully saturated rings. The molecule has 5 aromatic rings. The van der Waals surface area contributed by atoms with Crippen LogP contribution < -0.4 is 5.56 Å². The molecule has 7 heteroatoms. The van der Waals surface area contributed by atoms with Crippen molar-refractivity contribution in [1.82, 2.24) is 24.5 Å². The first-order valence-electron chi connectivity index (χ1n) is 11.9. The third-order valence-corrected chi connectivity index (χ3v) is 6.13. The van der Waals surface area contributed by atoms with Crippen molar-refractivity contribution >= 4 is 16.7 Å². The lowest BCUT2D eigenvalue weighted by Gasteiger charge is -2.19. The zero-order chi connectivity index (χ0) is 25.2. The predicted octanol–water partition coefficient (Wildman–Crippen LogP) is 5.10. The molecule has 180 valence electrons. The molecule has 5 rings (SSSR count). The van der Waals surface area contributed by atoms with Crippen LogP contribution in [-0.4, -0.2) is 37.4 Å². The lowest BCUT2D eigenvalue weighted by Crippen LogP contribution is -2.32. The number of hydrogen-bond donors (Lipinski definition) is 0. The second-order valence-electron chi connectivity index (χ2n) is 9.05. The Morgan fingerprint density at radius 2 is 1.47 bits per heavy atom. The summed E-state index contributed by atoms with van der Waals surface area (Å²) in [6.07, 6.45) is 1.96. The first kappa shape index (κ1) is 23.2. The molecule has 2 heterocycles. The Morgan fingerprint density at radius 1 is 0.861 bits per heavy atom. The average Bonchev–Trinajstić information content (AvgIpc) is 3.33. The summed E-state index contributed by atoms with van der Waals surface area (Å²) < 4.78 is 3.22. The number of benzene rings is 3. The van der Waals surface area contributed by atoms with Gasteiger partial charge in [0.15, 0.2) is 5.69 Å². The lowest BCUT2D eigenvalue weighted by molar-refractivity contribution is 0.0778. The van der Waals surface area contributed by atoms with Gasteiger partial charge in [-0.05, 0) is 32.0 Å². The summed E-state index contributed by atoms with van der Waals surface area (Å²) in [5.74, 6) is -0.257. The highest BCUT2D eigenvalue weighted by atomic mass is 16.2. The lowest BCUT2D eigenvalue weighted by atomic mass is 10.1. The normalized spacial score (nSPS) is 11.2. The van der Waals surface area contributed by atoms with Crippen LogP contribution in [0.4, 0.5) is 0 Å². The van der Waals surface area contributed by atoms with Gasteiger partial charge in [0.1, 0.15) is 0 Å². The number of hydrogen-bond acceptors (Lipinski definition) is 4. The van der Waals surface area contributed by atoms with Gasteiger partial charge >= 0.3 is 0 Å². The Bertz CT molecular complexity index is 1590. The van der Waals surface area contributed by atoms with Crippen molar-refractivity contribution in [1.29, 1.82) is 0 Å².